The van der Waals surface area contributed by atoms with Gasteiger partial charge >= 0.3 is 5.69 Å². The molecule has 164 valence electrons. The first-order valence-corrected chi connectivity index (χ1v) is 10.3. The standard InChI is InChI=1S/C23H22FN5O3/c1-15-5-2-3-7-18(15)20-10-11-22(27-26-20)28-12-4-6-16(14-28)23(30)25-17-8-9-19(24)21(13-17)29(31)32/h2-3,5,7-11,13,16H,4,6,12,14H2,1H3,(H,25,30). The van der Waals surface area contributed by atoms with Crippen molar-refractivity contribution >= 4 is 23.1 Å². The predicted octanol–water partition coefficient (Wildman–Crippen LogP) is 4.35. The highest BCUT2D eigenvalue weighted by Gasteiger charge is 2.27. The molecule has 1 amide bonds. The maximum absolute atomic E-state index is 13.5. The first kappa shape index (κ1) is 21.4. The fourth-order valence-electron chi connectivity index (χ4n) is 3.87. The number of halogens is 1. The Balaban J connectivity index is 1.44. The maximum Gasteiger partial charge on any atom is 0.306 e. The van der Waals surface area contributed by atoms with Gasteiger partial charge in [-0.2, -0.15) is 4.39 Å². The Morgan fingerprint density at radius 3 is 2.72 bits per heavy atom. The van der Waals surface area contributed by atoms with Crippen molar-refractivity contribution in [2.24, 2.45) is 5.92 Å². The number of nitrogens with one attached hydrogen (secondary N) is 1. The zero-order valence-electron chi connectivity index (χ0n) is 17.5. The summed E-state index contributed by atoms with van der Waals surface area (Å²) in [4.78, 5) is 24.9. The van der Waals surface area contributed by atoms with E-state index in [0.717, 1.165) is 41.9 Å². The van der Waals surface area contributed by atoms with Crippen LogP contribution in [0.5, 0.6) is 0 Å². The summed E-state index contributed by atoms with van der Waals surface area (Å²) in [5.74, 6) is -0.840. The molecule has 1 aliphatic rings. The molecule has 1 N–H and O–H groups in total. The van der Waals surface area contributed by atoms with E-state index in [4.69, 9.17) is 0 Å². The molecule has 1 unspecified atom stereocenters. The van der Waals surface area contributed by atoms with Crippen molar-refractivity contribution in [1.82, 2.24) is 10.2 Å². The quantitative estimate of drug-likeness (QED) is 0.472. The molecule has 0 saturated carbocycles. The van der Waals surface area contributed by atoms with Crippen molar-refractivity contribution in [3.8, 4) is 11.3 Å². The molecule has 4 rings (SSSR count). The fraction of sp³-hybridized carbons (Fsp3) is 0.261. The maximum atomic E-state index is 13.5. The lowest BCUT2D eigenvalue weighted by atomic mass is 9.97. The van der Waals surface area contributed by atoms with Crippen molar-refractivity contribution in [3.05, 3.63) is 76.1 Å². The molecule has 0 aliphatic carbocycles. The summed E-state index contributed by atoms with van der Waals surface area (Å²) in [5.41, 5.74) is 2.46. The number of carbonyl (C=O) groups is 1. The molecular weight excluding hydrogens is 413 g/mol. The van der Waals surface area contributed by atoms with E-state index in [1.54, 1.807) is 0 Å². The number of rotatable bonds is 5. The Bertz CT molecular complexity index is 1150. The minimum Gasteiger partial charge on any atom is -0.354 e. The highest BCUT2D eigenvalue weighted by Crippen LogP contribution is 2.26. The number of aromatic nitrogens is 2. The minimum atomic E-state index is -0.940. The van der Waals surface area contributed by atoms with Crippen molar-refractivity contribution in [2.45, 2.75) is 19.8 Å². The monoisotopic (exact) mass is 435 g/mol. The molecule has 1 aliphatic heterocycles. The van der Waals surface area contributed by atoms with E-state index in [1.807, 2.05) is 48.2 Å². The second kappa shape index (κ2) is 9.09. The van der Waals surface area contributed by atoms with E-state index >= 15 is 0 Å². The molecule has 9 heteroatoms. The summed E-state index contributed by atoms with van der Waals surface area (Å²) in [6.07, 6.45) is 1.48. The van der Waals surface area contributed by atoms with Gasteiger partial charge in [0.2, 0.25) is 11.7 Å². The first-order chi connectivity index (χ1) is 15.4. The van der Waals surface area contributed by atoms with E-state index < -0.39 is 16.4 Å². The number of benzene rings is 2. The van der Waals surface area contributed by atoms with E-state index in [0.29, 0.717) is 18.8 Å². The van der Waals surface area contributed by atoms with Crippen LogP contribution in [0, 0.1) is 28.8 Å². The fourth-order valence-corrected chi connectivity index (χ4v) is 3.87. The SMILES string of the molecule is Cc1ccccc1-c1ccc(N2CCCC(C(=O)Nc3ccc(F)c([N+](=O)[O-])c3)C2)nn1. The number of nitro groups is 1. The topological polar surface area (TPSA) is 101 Å². The Kier molecular flexibility index (Phi) is 6.07. The zero-order chi connectivity index (χ0) is 22.7. The van der Waals surface area contributed by atoms with Crippen molar-refractivity contribution < 1.29 is 14.1 Å². The van der Waals surface area contributed by atoms with Gasteiger partial charge in [-0.1, -0.05) is 24.3 Å². The summed E-state index contributed by atoms with van der Waals surface area (Å²) in [6, 6.07) is 15.1. The van der Waals surface area contributed by atoms with Gasteiger partial charge in [-0.3, -0.25) is 14.9 Å². The summed E-state index contributed by atoms with van der Waals surface area (Å²) in [5, 5.41) is 22.3. The largest absolute Gasteiger partial charge is 0.354 e. The lowest BCUT2D eigenvalue weighted by Crippen LogP contribution is -2.41. The van der Waals surface area contributed by atoms with Gasteiger partial charge in [0.25, 0.3) is 0 Å². The molecule has 1 atom stereocenters. The normalized spacial score (nSPS) is 15.9. The Morgan fingerprint density at radius 2 is 2.00 bits per heavy atom. The number of aryl methyl sites for hydroxylation is 1. The minimum absolute atomic E-state index is 0.197. The zero-order valence-corrected chi connectivity index (χ0v) is 17.5. The number of piperidine rings is 1. The average Bonchev–Trinajstić information content (AvgIpc) is 2.80. The number of nitrogens with zero attached hydrogens (tertiary/aromatic N) is 4. The smallest absolute Gasteiger partial charge is 0.306 e. The van der Waals surface area contributed by atoms with E-state index in [9.17, 15) is 19.3 Å². The summed E-state index contributed by atoms with van der Waals surface area (Å²) in [6.45, 7) is 3.23. The molecular formula is C23H22FN5O3. The van der Waals surface area contributed by atoms with Crippen LogP contribution < -0.4 is 10.2 Å². The molecule has 8 nitrogen and oxygen atoms in total. The van der Waals surface area contributed by atoms with Gasteiger partial charge in [0.05, 0.1) is 16.5 Å². The van der Waals surface area contributed by atoms with Gasteiger partial charge in [0.1, 0.15) is 0 Å². The number of carbonyl (C=O) groups excluding carboxylic acids is 1. The van der Waals surface area contributed by atoms with E-state index in [-0.39, 0.29) is 17.5 Å². The van der Waals surface area contributed by atoms with Crippen molar-refractivity contribution in [3.63, 3.8) is 0 Å². The third-order valence-electron chi connectivity index (χ3n) is 5.60. The van der Waals surface area contributed by atoms with Gasteiger partial charge in [0.15, 0.2) is 5.82 Å². The second-order valence-corrected chi connectivity index (χ2v) is 7.79. The van der Waals surface area contributed by atoms with Crippen LogP contribution in [0.3, 0.4) is 0 Å². The molecule has 0 bridgehead atoms. The Labute approximate surface area is 184 Å². The number of hydrogen-bond donors (Lipinski definition) is 1. The third-order valence-corrected chi connectivity index (χ3v) is 5.60. The molecule has 0 radical (unpaired) electrons. The van der Waals surface area contributed by atoms with Gasteiger partial charge in [-0.25, -0.2) is 0 Å². The lowest BCUT2D eigenvalue weighted by molar-refractivity contribution is -0.387. The summed E-state index contributed by atoms with van der Waals surface area (Å²) >= 11 is 0. The van der Waals surface area contributed by atoms with Gasteiger partial charge in [-0.05, 0) is 49.6 Å². The molecule has 32 heavy (non-hydrogen) atoms. The van der Waals surface area contributed by atoms with Crippen LogP contribution in [0.1, 0.15) is 18.4 Å². The van der Waals surface area contributed by atoms with Crippen LogP contribution in [0.25, 0.3) is 11.3 Å². The molecule has 1 fully saturated rings. The van der Waals surface area contributed by atoms with Crippen LogP contribution in [0.4, 0.5) is 21.6 Å². The molecule has 3 aromatic rings. The van der Waals surface area contributed by atoms with Crippen LogP contribution in [0.2, 0.25) is 0 Å². The highest BCUT2D eigenvalue weighted by atomic mass is 19.1. The molecule has 2 aromatic carbocycles. The van der Waals surface area contributed by atoms with Crippen LogP contribution in [-0.4, -0.2) is 34.1 Å². The second-order valence-electron chi connectivity index (χ2n) is 7.79. The van der Waals surface area contributed by atoms with Crippen molar-refractivity contribution in [1.29, 1.82) is 0 Å². The average molecular weight is 435 g/mol. The van der Waals surface area contributed by atoms with Crippen LogP contribution >= 0.6 is 0 Å². The first-order valence-electron chi connectivity index (χ1n) is 10.3. The lowest BCUT2D eigenvalue weighted by Gasteiger charge is -2.32. The molecule has 1 saturated heterocycles. The summed E-state index contributed by atoms with van der Waals surface area (Å²) in [7, 11) is 0. The van der Waals surface area contributed by atoms with Crippen LogP contribution in [0.15, 0.2) is 54.6 Å². The molecule has 2 heterocycles. The molecule has 1 aromatic heterocycles. The Morgan fingerprint density at radius 1 is 1.19 bits per heavy atom. The van der Waals surface area contributed by atoms with E-state index in [2.05, 4.69) is 15.5 Å². The van der Waals surface area contributed by atoms with Crippen LogP contribution in [-0.2, 0) is 4.79 Å². The molecule has 0 spiro atoms. The summed E-state index contributed by atoms with van der Waals surface area (Å²) < 4.78 is 13.5. The number of amides is 1. The van der Waals surface area contributed by atoms with E-state index in [1.165, 1.54) is 6.07 Å². The third kappa shape index (κ3) is 4.56. The highest BCUT2D eigenvalue weighted by molar-refractivity contribution is 5.93. The number of hydrogen-bond acceptors (Lipinski definition) is 6. The Hall–Kier alpha value is -3.88. The van der Waals surface area contributed by atoms with Gasteiger partial charge in [-0.15, -0.1) is 10.2 Å². The van der Waals surface area contributed by atoms with Gasteiger partial charge in [0, 0.05) is 30.4 Å². The van der Waals surface area contributed by atoms with Crippen molar-refractivity contribution in [2.75, 3.05) is 23.3 Å². The predicted molar refractivity (Wildman–Crippen MR) is 119 cm³/mol. The van der Waals surface area contributed by atoms with Gasteiger partial charge < -0.3 is 10.2 Å². The number of nitro benzene ring substituents is 1. The number of anilines is 2.